The van der Waals surface area contributed by atoms with Gasteiger partial charge in [-0.1, -0.05) is 19.4 Å². The number of thiocarbonyl (C=S) groups is 1. The van der Waals surface area contributed by atoms with Crippen molar-refractivity contribution >= 4 is 23.2 Å². The van der Waals surface area contributed by atoms with Gasteiger partial charge in [0.1, 0.15) is 0 Å². The van der Waals surface area contributed by atoms with Crippen LogP contribution >= 0.6 is 12.2 Å². The van der Waals surface area contributed by atoms with Gasteiger partial charge in [0, 0.05) is 56.4 Å². The molecule has 32 heavy (non-hydrogen) atoms. The van der Waals surface area contributed by atoms with Crippen molar-refractivity contribution in [3.05, 3.63) is 34.2 Å². The van der Waals surface area contributed by atoms with Crippen molar-refractivity contribution in [3.8, 4) is 0 Å². The Labute approximate surface area is 196 Å². The Balaban J connectivity index is 1.17. The molecule has 2 N–H and O–H groups in total. The first-order chi connectivity index (χ1) is 15.5. The zero-order chi connectivity index (χ0) is 22.5. The average Bonchev–Trinajstić information content (AvgIpc) is 2.81. The molecule has 2 fully saturated rings. The van der Waals surface area contributed by atoms with Crippen molar-refractivity contribution in [3.63, 3.8) is 0 Å². The third-order valence-electron chi connectivity index (χ3n) is 7.33. The second-order valence-corrected chi connectivity index (χ2v) is 9.95. The zero-order valence-corrected chi connectivity index (χ0v) is 20.0. The average molecular weight is 460 g/mol. The van der Waals surface area contributed by atoms with Crippen LogP contribution in [-0.4, -0.2) is 70.7 Å². The van der Waals surface area contributed by atoms with Crippen LogP contribution in [0, 0.1) is 5.92 Å². The van der Waals surface area contributed by atoms with E-state index in [1.54, 1.807) is 6.07 Å². The second-order valence-electron chi connectivity index (χ2n) is 9.56. The third kappa shape index (κ3) is 5.52. The first-order valence-corrected chi connectivity index (χ1v) is 12.7. The molecule has 0 aliphatic carbocycles. The van der Waals surface area contributed by atoms with E-state index in [1.165, 1.54) is 32.2 Å². The normalized spacial score (nSPS) is 25.2. The molecule has 0 aromatic carbocycles. The van der Waals surface area contributed by atoms with E-state index in [0.717, 1.165) is 44.7 Å². The molecule has 0 saturated carbocycles. The van der Waals surface area contributed by atoms with Crippen LogP contribution < -0.4 is 16.2 Å². The van der Waals surface area contributed by atoms with Gasteiger partial charge in [-0.3, -0.25) is 9.59 Å². The smallest absolute Gasteiger partial charge is 0.250 e. The minimum atomic E-state index is -0.00728. The maximum absolute atomic E-state index is 12.3. The van der Waals surface area contributed by atoms with Crippen LogP contribution in [0.1, 0.15) is 57.1 Å². The summed E-state index contributed by atoms with van der Waals surface area (Å²) in [6.07, 6.45) is 7.25. The van der Waals surface area contributed by atoms with E-state index in [-0.39, 0.29) is 18.0 Å². The highest BCUT2D eigenvalue weighted by molar-refractivity contribution is 7.80. The van der Waals surface area contributed by atoms with E-state index in [4.69, 9.17) is 12.2 Å². The van der Waals surface area contributed by atoms with Crippen molar-refractivity contribution in [1.82, 2.24) is 25.0 Å². The van der Waals surface area contributed by atoms with Crippen LogP contribution in [-0.2, 0) is 11.3 Å². The number of carbonyl (C=O) groups excluding carboxylic acids is 1. The summed E-state index contributed by atoms with van der Waals surface area (Å²) in [5, 5.41) is 6.82. The van der Waals surface area contributed by atoms with Gasteiger partial charge in [-0.25, -0.2) is 0 Å². The van der Waals surface area contributed by atoms with E-state index in [2.05, 4.69) is 33.4 Å². The lowest BCUT2D eigenvalue weighted by Gasteiger charge is -2.43. The summed E-state index contributed by atoms with van der Waals surface area (Å²) in [5.74, 6) is 0.718. The maximum atomic E-state index is 12.3. The number of carbonyl (C=O) groups is 1. The predicted octanol–water partition coefficient (Wildman–Crippen LogP) is 1.91. The topological polar surface area (TPSA) is 69.6 Å². The zero-order valence-electron chi connectivity index (χ0n) is 19.2. The van der Waals surface area contributed by atoms with Crippen LogP contribution in [0.4, 0.5) is 0 Å². The number of pyridine rings is 1. The highest BCUT2D eigenvalue weighted by Gasteiger charge is 2.35. The number of piperidine rings is 2. The Kier molecular flexibility index (Phi) is 7.84. The van der Waals surface area contributed by atoms with Gasteiger partial charge in [0.2, 0.25) is 5.91 Å². The molecule has 0 unspecified atom stereocenters. The van der Waals surface area contributed by atoms with Gasteiger partial charge < -0.3 is 25.0 Å². The molecule has 7 nitrogen and oxygen atoms in total. The van der Waals surface area contributed by atoms with E-state index in [0.29, 0.717) is 29.5 Å². The lowest BCUT2D eigenvalue weighted by molar-refractivity contribution is -0.120. The summed E-state index contributed by atoms with van der Waals surface area (Å²) in [5.41, 5.74) is 1.20. The Morgan fingerprint density at radius 2 is 2.06 bits per heavy atom. The number of nitrogens with zero attached hydrogens (tertiary/aromatic N) is 3. The third-order valence-corrected chi connectivity index (χ3v) is 7.73. The van der Waals surface area contributed by atoms with Crippen molar-refractivity contribution in [1.29, 1.82) is 0 Å². The summed E-state index contributed by atoms with van der Waals surface area (Å²) in [7, 11) is 0. The highest BCUT2D eigenvalue weighted by atomic mass is 32.1. The van der Waals surface area contributed by atoms with Gasteiger partial charge in [-0.05, 0) is 62.9 Å². The molecule has 3 aliphatic rings. The van der Waals surface area contributed by atoms with Crippen LogP contribution in [0.5, 0.6) is 0 Å². The molecule has 3 aliphatic heterocycles. The summed E-state index contributed by atoms with van der Waals surface area (Å²) < 4.78 is 1.92. The molecular weight excluding hydrogens is 422 g/mol. The van der Waals surface area contributed by atoms with E-state index < -0.39 is 0 Å². The van der Waals surface area contributed by atoms with Crippen LogP contribution in [0.15, 0.2) is 23.0 Å². The largest absolute Gasteiger partial charge is 0.355 e. The molecule has 4 rings (SSSR count). The molecular formula is C24H37N5O2S. The molecule has 176 valence electrons. The van der Waals surface area contributed by atoms with Gasteiger partial charge in [0.25, 0.3) is 5.56 Å². The first-order valence-electron chi connectivity index (χ1n) is 12.3. The summed E-state index contributed by atoms with van der Waals surface area (Å²) in [4.78, 5) is 29.2. The van der Waals surface area contributed by atoms with Crippen LogP contribution in [0.2, 0.25) is 0 Å². The standard InChI is InChI=1S/C24H37N5O2S/c1-2-20-7-3-4-11-27(20)12-6-10-25-22(30)14-26-24(32)28-15-18-13-19(17-28)21-8-5-9-23(31)29(21)16-18/h5,8-9,18-20H,2-4,6-7,10-17H2,1H3,(H,25,30)(H,26,32)/t18-,19+,20-/m1/s1. The highest BCUT2D eigenvalue weighted by Crippen LogP contribution is 2.34. The molecule has 2 bridgehead atoms. The fraction of sp³-hybridized carbons (Fsp3) is 0.708. The molecule has 2 saturated heterocycles. The molecule has 1 aromatic heterocycles. The van der Waals surface area contributed by atoms with E-state index in [9.17, 15) is 9.59 Å². The minimum absolute atomic E-state index is 0.00728. The van der Waals surface area contributed by atoms with Gasteiger partial charge in [-0.15, -0.1) is 0 Å². The maximum Gasteiger partial charge on any atom is 0.250 e. The molecule has 0 spiro atoms. The number of rotatable bonds is 7. The number of fused-ring (bicyclic) bond motifs is 4. The Bertz CT molecular complexity index is 872. The predicted molar refractivity (Wildman–Crippen MR) is 131 cm³/mol. The van der Waals surface area contributed by atoms with Crippen LogP contribution in [0.3, 0.4) is 0 Å². The summed E-state index contributed by atoms with van der Waals surface area (Å²) in [6.45, 7) is 7.82. The Hall–Kier alpha value is -1.93. The van der Waals surface area contributed by atoms with Gasteiger partial charge in [-0.2, -0.15) is 0 Å². The van der Waals surface area contributed by atoms with Gasteiger partial charge >= 0.3 is 0 Å². The van der Waals surface area contributed by atoms with Crippen LogP contribution in [0.25, 0.3) is 0 Å². The molecule has 4 heterocycles. The fourth-order valence-corrected chi connectivity index (χ4v) is 5.94. The summed E-state index contributed by atoms with van der Waals surface area (Å²) in [6, 6.07) is 6.26. The molecule has 8 heteroatoms. The lowest BCUT2D eigenvalue weighted by Crippen LogP contribution is -2.52. The van der Waals surface area contributed by atoms with E-state index >= 15 is 0 Å². The molecule has 1 amide bonds. The number of hydrogen-bond acceptors (Lipinski definition) is 4. The first kappa shape index (κ1) is 23.2. The van der Waals surface area contributed by atoms with Crippen molar-refractivity contribution < 1.29 is 4.79 Å². The SMILES string of the molecule is CC[C@@H]1CCCCN1CCCNC(=O)CNC(=S)N1C[C@H]2C[C@@H](C1)c1cccc(=O)n1C2. The lowest BCUT2D eigenvalue weighted by atomic mass is 9.83. The minimum Gasteiger partial charge on any atom is -0.355 e. The summed E-state index contributed by atoms with van der Waals surface area (Å²) >= 11 is 5.60. The molecule has 1 aromatic rings. The quantitative estimate of drug-likeness (QED) is 0.480. The van der Waals surface area contributed by atoms with Crippen molar-refractivity contribution in [2.24, 2.45) is 5.92 Å². The monoisotopic (exact) mass is 459 g/mol. The fourth-order valence-electron chi connectivity index (χ4n) is 5.72. The van der Waals surface area contributed by atoms with Crippen molar-refractivity contribution in [2.45, 2.75) is 64.0 Å². The Morgan fingerprint density at radius 1 is 1.19 bits per heavy atom. The van der Waals surface area contributed by atoms with Gasteiger partial charge in [0.05, 0.1) is 6.54 Å². The van der Waals surface area contributed by atoms with Gasteiger partial charge in [0.15, 0.2) is 5.11 Å². The number of likely N-dealkylation sites (tertiary alicyclic amines) is 2. The van der Waals surface area contributed by atoms with E-state index in [1.807, 2.05) is 10.6 Å². The van der Waals surface area contributed by atoms with Crippen molar-refractivity contribution in [2.75, 3.05) is 39.3 Å². The Morgan fingerprint density at radius 3 is 2.91 bits per heavy atom. The second kappa shape index (κ2) is 10.8. The number of aromatic nitrogens is 1. The number of nitrogens with one attached hydrogen (secondary N) is 2. The number of amides is 1. The molecule has 0 radical (unpaired) electrons. The number of hydrogen-bond donors (Lipinski definition) is 2. The molecule has 3 atom stereocenters.